The van der Waals surface area contributed by atoms with Gasteiger partial charge >= 0.3 is 6.09 Å². The summed E-state index contributed by atoms with van der Waals surface area (Å²) in [6.45, 7) is 5.83. The number of carbonyl (C=O) groups excluding carboxylic acids is 2. The van der Waals surface area contributed by atoms with Crippen LogP contribution in [0.3, 0.4) is 0 Å². The zero-order valence-corrected chi connectivity index (χ0v) is 12.6. The van der Waals surface area contributed by atoms with E-state index in [1.54, 1.807) is 51.1 Å². The molecule has 1 rings (SSSR count). The van der Waals surface area contributed by atoms with E-state index in [0.29, 0.717) is 24.8 Å². The van der Waals surface area contributed by atoms with Crippen molar-refractivity contribution < 1.29 is 19.4 Å². The van der Waals surface area contributed by atoms with Gasteiger partial charge in [-0.1, -0.05) is 24.3 Å². The van der Waals surface area contributed by atoms with Crippen LogP contribution in [0.4, 0.5) is 4.79 Å². The molecule has 0 unspecified atom stereocenters. The molecule has 21 heavy (non-hydrogen) atoms. The third-order valence-electron chi connectivity index (χ3n) is 2.50. The van der Waals surface area contributed by atoms with Gasteiger partial charge in [0.25, 0.3) is 0 Å². The maximum absolute atomic E-state index is 11.4. The smallest absolute Gasteiger partial charge is 0.407 e. The van der Waals surface area contributed by atoms with Crippen molar-refractivity contribution in [3.8, 4) is 5.75 Å². The fourth-order valence-corrected chi connectivity index (χ4v) is 1.59. The number of carbonyl (C=O) groups is 2. The van der Waals surface area contributed by atoms with Crippen LogP contribution in [0.25, 0.3) is 6.08 Å². The zero-order valence-electron chi connectivity index (χ0n) is 12.6. The Morgan fingerprint density at radius 2 is 2.00 bits per heavy atom. The lowest BCUT2D eigenvalue weighted by Crippen LogP contribution is -2.32. The molecule has 0 heterocycles. The second-order valence-corrected chi connectivity index (χ2v) is 5.52. The fourth-order valence-electron chi connectivity index (χ4n) is 1.59. The van der Waals surface area contributed by atoms with E-state index >= 15 is 0 Å². The summed E-state index contributed by atoms with van der Waals surface area (Å²) in [6.07, 6.45) is 4.25. The molecule has 0 aromatic heterocycles. The van der Waals surface area contributed by atoms with Crippen molar-refractivity contribution in [3.63, 3.8) is 0 Å². The number of phenolic OH excluding ortho intramolecular Hbond substituents is 1. The average molecular weight is 291 g/mol. The van der Waals surface area contributed by atoms with E-state index in [-0.39, 0.29) is 11.3 Å². The van der Waals surface area contributed by atoms with Crippen molar-refractivity contribution in [2.75, 3.05) is 6.54 Å². The summed E-state index contributed by atoms with van der Waals surface area (Å²) in [7, 11) is 0. The minimum absolute atomic E-state index is 0.0381. The fraction of sp³-hybridized carbons (Fsp3) is 0.375. The lowest BCUT2D eigenvalue weighted by atomic mass is 10.1. The van der Waals surface area contributed by atoms with Crippen molar-refractivity contribution in [2.45, 2.75) is 32.8 Å². The summed E-state index contributed by atoms with van der Waals surface area (Å²) >= 11 is 0. The van der Waals surface area contributed by atoms with E-state index in [9.17, 15) is 14.7 Å². The van der Waals surface area contributed by atoms with Crippen LogP contribution in [0.1, 0.15) is 43.1 Å². The quantitative estimate of drug-likeness (QED) is 0.645. The van der Waals surface area contributed by atoms with Gasteiger partial charge in [0.15, 0.2) is 6.29 Å². The number of hydrogen-bond donors (Lipinski definition) is 2. The van der Waals surface area contributed by atoms with Gasteiger partial charge in [0, 0.05) is 12.1 Å². The molecular weight excluding hydrogens is 270 g/mol. The van der Waals surface area contributed by atoms with Crippen LogP contribution in [-0.2, 0) is 4.74 Å². The van der Waals surface area contributed by atoms with E-state index in [1.807, 2.05) is 0 Å². The van der Waals surface area contributed by atoms with E-state index in [1.165, 1.54) is 0 Å². The van der Waals surface area contributed by atoms with Crippen molar-refractivity contribution in [1.82, 2.24) is 5.32 Å². The van der Waals surface area contributed by atoms with E-state index in [0.717, 1.165) is 0 Å². The summed E-state index contributed by atoms with van der Waals surface area (Å²) in [6, 6.07) is 4.95. The molecule has 0 saturated heterocycles. The van der Waals surface area contributed by atoms with Gasteiger partial charge in [0.05, 0.1) is 5.56 Å². The molecule has 0 bridgehead atoms. The van der Waals surface area contributed by atoms with Crippen molar-refractivity contribution >= 4 is 18.5 Å². The first kappa shape index (κ1) is 16.8. The molecular formula is C16H21NO4. The predicted molar refractivity (Wildman–Crippen MR) is 81.4 cm³/mol. The number of phenols is 1. The van der Waals surface area contributed by atoms with E-state index in [4.69, 9.17) is 4.74 Å². The van der Waals surface area contributed by atoms with Crippen molar-refractivity contribution in [1.29, 1.82) is 0 Å². The van der Waals surface area contributed by atoms with Gasteiger partial charge in [0.2, 0.25) is 0 Å². The number of para-hydroxylation sites is 1. The lowest BCUT2D eigenvalue weighted by molar-refractivity contribution is 0.0528. The van der Waals surface area contributed by atoms with Gasteiger partial charge in [-0.05, 0) is 33.3 Å². The third kappa shape index (κ3) is 6.12. The maximum Gasteiger partial charge on any atom is 0.407 e. The molecule has 5 nitrogen and oxygen atoms in total. The molecule has 114 valence electrons. The highest BCUT2D eigenvalue weighted by atomic mass is 16.6. The number of rotatable bonds is 5. The molecule has 0 aliphatic carbocycles. The second kappa shape index (κ2) is 7.47. The monoisotopic (exact) mass is 291 g/mol. The highest BCUT2D eigenvalue weighted by Gasteiger charge is 2.15. The lowest BCUT2D eigenvalue weighted by Gasteiger charge is -2.19. The van der Waals surface area contributed by atoms with E-state index in [2.05, 4.69) is 5.32 Å². The molecule has 0 radical (unpaired) electrons. The molecule has 1 aromatic carbocycles. The number of ether oxygens (including phenoxy) is 1. The number of amides is 1. The normalized spacial score (nSPS) is 11.4. The SMILES string of the molecule is CC(C)(C)OC(=O)NCCC=Cc1cccc(C=O)c1O. The largest absolute Gasteiger partial charge is 0.507 e. The number of aromatic hydroxyl groups is 1. The minimum Gasteiger partial charge on any atom is -0.507 e. The molecule has 0 fully saturated rings. The molecule has 0 atom stereocenters. The van der Waals surface area contributed by atoms with Gasteiger partial charge in [0.1, 0.15) is 11.4 Å². The summed E-state index contributed by atoms with van der Waals surface area (Å²) in [5.41, 5.74) is 0.307. The Bertz CT molecular complexity index is 530. The summed E-state index contributed by atoms with van der Waals surface area (Å²) in [5, 5.41) is 12.4. The predicted octanol–water partition coefficient (Wildman–Crippen LogP) is 3.13. The number of hydrogen-bond acceptors (Lipinski definition) is 4. The number of alkyl carbamates (subject to hydrolysis) is 1. The van der Waals surface area contributed by atoms with Crippen LogP contribution in [0.15, 0.2) is 24.3 Å². The average Bonchev–Trinajstić information content (AvgIpc) is 2.38. The van der Waals surface area contributed by atoms with Crippen LogP contribution in [0, 0.1) is 0 Å². The Morgan fingerprint density at radius 1 is 1.33 bits per heavy atom. The molecule has 0 saturated carbocycles. The van der Waals surface area contributed by atoms with Gasteiger partial charge in [-0.3, -0.25) is 4.79 Å². The Morgan fingerprint density at radius 3 is 2.62 bits per heavy atom. The Kier molecular flexibility index (Phi) is 5.96. The van der Waals surface area contributed by atoms with Crippen LogP contribution >= 0.6 is 0 Å². The van der Waals surface area contributed by atoms with E-state index < -0.39 is 11.7 Å². The Balaban J connectivity index is 2.43. The van der Waals surface area contributed by atoms with Crippen LogP contribution in [-0.4, -0.2) is 29.6 Å². The third-order valence-corrected chi connectivity index (χ3v) is 2.50. The molecule has 0 aliphatic rings. The number of nitrogens with one attached hydrogen (secondary N) is 1. The Labute approximate surface area is 124 Å². The standard InChI is InChI=1S/C16H21NO4/c1-16(2,3)21-15(20)17-10-5-4-7-12-8-6-9-13(11-18)14(12)19/h4,6-9,11,19H,5,10H2,1-3H3,(H,17,20). The molecule has 5 heteroatoms. The highest BCUT2D eigenvalue weighted by Crippen LogP contribution is 2.22. The van der Waals surface area contributed by atoms with Gasteiger partial charge in [-0.25, -0.2) is 4.79 Å². The van der Waals surface area contributed by atoms with Gasteiger partial charge in [-0.2, -0.15) is 0 Å². The zero-order chi connectivity index (χ0) is 15.9. The molecule has 1 aromatic rings. The second-order valence-electron chi connectivity index (χ2n) is 5.52. The Hall–Kier alpha value is -2.30. The summed E-state index contributed by atoms with van der Waals surface area (Å²) in [5.74, 6) is -0.0381. The highest BCUT2D eigenvalue weighted by molar-refractivity contribution is 5.82. The van der Waals surface area contributed by atoms with Gasteiger partial charge in [-0.15, -0.1) is 0 Å². The maximum atomic E-state index is 11.4. The van der Waals surface area contributed by atoms with Crippen molar-refractivity contribution in [3.05, 3.63) is 35.4 Å². The number of aldehydes is 1. The molecule has 0 spiro atoms. The minimum atomic E-state index is -0.513. The van der Waals surface area contributed by atoms with Crippen LogP contribution in [0.5, 0.6) is 5.75 Å². The first-order chi connectivity index (χ1) is 9.83. The number of benzene rings is 1. The van der Waals surface area contributed by atoms with Gasteiger partial charge < -0.3 is 15.2 Å². The summed E-state index contributed by atoms with van der Waals surface area (Å²) in [4.78, 5) is 22.1. The first-order valence-corrected chi connectivity index (χ1v) is 6.74. The molecule has 0 aliphatic heterocycles. The first-order valence-electron chi connectivity index (χ1n) is 6.74. The van der Waals surface area contributed by atoms with Crippen LogP contribution < -0.4 is 5.32 Å². The molecule has 1 amide bonds. The summed E-state index contributed by atoms with van der Waals surface area (Å²) < 4.78 is 5.10. The van der Waals surface area contributed by atoms with Crippen LogP contribution in [0.2, 0.25) is 0 Å². The topological polar surface area (TPSA) is 75.6 Å². The van der Waals surface area contributed by atoms with Crippen molar-refractivity contribution in [2.24, 2.45) is 0 Å². The molecule has 2 N–H and O–H groups in total.